The van der Waals surface area contributed by atoms with Gasteiger partial charge in [0, 0.05) is 24.7 Å². The third kappa shape index (κ3) is 2.89. The SMILES string of the molecule is CCNC(Cc1ccn(C(C)C)n1)C1(C)CC1. The van der Waals surface area contributed by atoms with Gasteiger partial charge in [0.2, 0.25) is 0 Å². The molecule has 1 fully saturated rings. The first kappa shape index (κ1) is 12.6. The molecule has 0 bridgehead atoms. The second-order valence-corrected chi connectivity index (χ2v) is 5.85. The van der Waals surface area contributed by atoms with Crippen LogP contribution in [0.5, 0.6) is 0 Å². The van der Waals surface area contributed by atoms with Crippen molar-refractivity contribution in [3.8, 4) is 0 Å². The van der Waals surface area contributed by atoms with Gasteiger partial charge in [0.25, 0.3) is 0 Å². The maximum absolute atomic E-state index is 4.65. The van der Waals surface area contributed by atoms with Crippen LogP contribution in [0.4, 0.5) is 0 Å². The fraction of sp³-hybridized carbons (Fsp3) is 0.786. The monoisotopic (exact) mass is 235 g/mol. The zero-order valence-electron chi connectivity index (χ0n) is 11.5. The van der Waals surface area contributed by atoms with Gasteiger partial charge in [-0.15, -0.1) is 0 Å². The third-order valence-electron chi connectivity index (χ3n) is 3.94. The Bertz CT molecular complexity index is 363. The minimum atomic E-state index is 0.456. The topological polar surface area (TPSA) is 29.9 Å². The molecule has 3 heteroatoms. The van der Waals surface area contributed by atoms with E-state index in [1.54, 1.807) is 0 Å². The number of likely N-dealkylation sites (N-methyl/N-ethyl adjacent to an activating group) is 1. The molecule has 17 heavy (non-hydrogen) atoms. The molecular formula is C14H25N3. The molecule has 2 rings (SSSR count). The molecule has 0 saturated heterocycles. The van der Waals surface area contributed by atoms with Crippen molar-refractivity contribution in [3.63, 3.8) is 0 Å². The maximum atomic E-state index is 4.65. The van der Waals surface area contributed by atoms with Crippen LogP contribution in [0.15, 0.2) is 12.3 Å². The summed E-state index contributed by atoms with van der Waals surface area (Å²) in [6.07, 6.45) is 5.87. The summed E-state index contributed by atoms with van der Waals surface area (Å²) in [5, 5.41) is 8.27. The maximum Gasteiger partial charge on any atom is 0.0640 e. The Labute approximate surface area is 105 Å². The van der Waals surface area contributed by atoms with Crippen molar-refractivity contribution in [2.75, 3.05) is 6.54 Å². The molecule has 3 nitrogen and oxygen atoms in total. The van der Waals surface area contributed by atoms with Gasteiger partial charge in [-0.1, -0.05) is 13.8 Å². The first-order valence-electron chi connectivity index (χ1n) is 6.82. The summed E-state index contributed by atoms with van der Waals surface area (Å²) >= 11 is 0. The van der Waals surface area contributed by atoms with E-state index in [1.807, 2.05) is 4.68 Å². The highest BCUT2D eigenvalue weighted by Gasteiger charge is 2.44. The van der Waals surface area contributed by atoms with Gasteiger partial charge in [-0.05, 0) is 44.7 Å². The number of hydrogen-bond donors (Lipinski definition) is 1. The average molecular weight is 235 g/mol. The van der Waals surface area contributed by atoms with Crippen molar-refractivity contribution < 1.29 is 0 Å². The number of nitrogens with one attached hydrogen (secondary N) is 1. The van der Waals surface area contributed by atoms with Gasteiger partial charge in [-0.3, -0.25) is 4.68 Å². The quantitative estimate of drug-likeness (QED) is 0.821. The molecule has 1 aliphatic carbocycles. The van der Waals surface area contributed by atoms with Crippen molar-refractivity contribution in [2.45, 2.75) is 59.0 Å². The van der Waals surface area contributed by atoms with Crippen LogP contribution in [0.2, 0.25) is 0 Å². The van der Waals surface area contributed by atoms with Crippen LogP contribution in [-0.2, 0) is 6.42 Å². The van der Waals surface area contributed by atoms with E-state index in [-0.39, 0.29) is 0 Å². The van der Waals surface area contributed by atoms with Gasteiger partial charge in [0.1, 0.15) is 0 Å². The molecule has 96 valence electrons. The summed E-state index contributed by atoms with van der Waals surface area (Å²) in [6, 6.07) is 3.21. The number of nitrogens with zero attached hydrogens (tertiary/aromatic N) is 2. The predicted octanol–water partition coefficient (Wildman–Crippen LogP) is 2.78. The fourth-order valence-corrected chi connectivity index (χ4v) is 2.34. The molecular weight excluding hydrogens is 210 g/mol. The van der Waals surface area contributed by atoms with Gasteiger partial charge in [0.05, 0.1) is 5.69 Å². The van der Waals surface area contributed by atoms with Gasteiger partial charge >= 0.3 is 0 Å². The lowest BCUT2D eigenvalue weighted by Crippen LogP contribution is -2.38. The molecule has 0 radical (unpaired) electrons. The zero-order chi connectivity index (χ0) is 12.5. The smallest absolute Gasteiger partial charge is 0.0640 e. The van der Waals surface area contributed by atoms with E-state index >= 15 is 0 Å². The van der Waals surface area contributed by atoms with Crippen LogP contribution >= 0.6 is 0 Å². The highest BCUT2D eigenvalue weighted by atomic mass is 15.3. The molecule has 0 aromatic carbocycles. The first-order valence-corrected chi connectivity index (χ1v) is 6.82. The number of hydrogen-bond acceptors (Lipinski definition) is 2. The summed E-state index contributed by atoms with van der Waals surface area (Å²) in [5.74, 6) is 0. The summed E-state index contributed by atoms with van der Waals surface area (Å²) in [7, 11) is 0. The van der Waals surface area contributed by atoms with Gasteiger partial charge in [-0.25, -0.2) is 0 Å². The third-order valence-corrected chi connectivity index (χ3v) is 3.94. The molecule has 1 N–H and O–H groups in total. The van der Waals surface area contributed by atoms with E-state index < -0.39 is 0 Å². The fourth-order valence-electron chi connectivity index (χ4n) is 2.34. The van der Waals surface area contributed by atoms with Crippen LogP contribution in [0.1, 0.15) is 52.3 Å². The molecule has 1 heterocycles. The van der Waals surface area contributed by atoms with E-state index in [4.69, 9.17) is 0 Å². The molecule has 1 saturated carbocycles. The lowest BCUT2D eigenvalue weighted by atomic mass is 9.94. The second-order valence-electron chi connectivity index (χ2n) is 5.85. The molecule has 1 aliphatic rings. The Morgan fingerprint density at radius 2 is 2.18 bits per heavy atom. The summed E-state index contributed by atoms with van der Waals surface area (Å²) in [6.45, 7) is 9.96. The molecule has 1 unspecified atom stereocenters. The number of rotatable bonds is 6. The van der Waals surface area contributed by atoms with E-state index in [0.29, 0.717) is 17.5 Å². The van der Waals surface area contributed by atoms with Crippen molar-refractivity contribution in [3.05, 3.63) is 18.0 Å². The van der Waals surface area contributed by atoms with E-state index in [0.717, 1.165) is 13.0 Å². The van der Waals surface area contributed by atoms with Crippen molar-refractivity contribution in [1.29, 1.82) is 0 Å². The van der Waals surface area contributed by atoms with E-state index in [1.165, 1.54) is 18.5 Å². The summed E-state index contributed by atoms with van der Waals surface area (Å²) < 4.78 is 2.05. The molecule has 0 aliphatic heterocycles. The lowest BCUT2D eigenvalue weighted by Gasteiger charge is -2.23. The average Bonchev–Trinajstić information content (AvgIpc) is 2.85. The van der Waals surface area contributed by atoms with Crippen LogP contribution in [0.3, 0.4) is 0 Å². The van der Waals surface area contributed by atoms with Crippen LogP contribution < -0.4 is 5.32 Å². The first-order chi connectivity index (χ1) is 8.05. The minimum Gasteiger partial charge on any atom is -0.313 e. The molecule has 0 spiro atoms. The summed E-state index contributed by atoms with van der Waals surface area (Å²) in [5.41, 5.74) is 1.73. The standard InChI is InChI=1S/C14H25N3/c1-5-15-13(14(4)7-8-14)10-12-6-9-17(16-12)11(2)3/h6,9,11,13,15H,5,7-8,10H2,1-4H3. The molecule has 1 aromatic rings. The van der Waals surface area contributed by atoms with Crippen LogP contribution in [-0.4, -0.2) is 22.4 Å². The Balaban J connectivity index is 2.01. The minimum absolute atomic E-state index is 0.456. The van der Waals surface area contributed by atoms with Crippen molar-refractivity contribution >= 4 is 0 Å². The molecule has 0 amide bonds. The molecule has 1 aromatic heterocycles. The van der Waals surface area contributed by atoms with Crippen molar-refractivity contribution in [2.24, 2.45) is 5.41 Å². The predicted molar refractivity (Wildman–Crippen MR) is 71.1 cm³/mol. The summed E-state index contributed by atoms with van der Waals surface area (Å²) in [4.78, 5) is 0. The van der Waals surface area contributed by atoms with Crippen molar-refractivity contribution in [1.82, 2.24) is 15.1 Å². The largest absolute Gasteiger partial charge is 0.313 e. The normalized spacial score (nSPS) is 19.6. The molecule has 1 atom stereocenters. The Hall–Kier alpha value is -0.830. The van der Waals surface area contributed by atoms with Gasteiger partial charge < -0.3 is 5.32 Å². The van der Waals surface area contributed by atoms with Gasteiger partial charge in [0.15, 0.2) is 0 Å². The van der Waals surface area contributed by atoms with Gasteiger partial charge in [-0.2, -0.15) is 5.10 Å². The Morgan fingerprint density at radius 1 is 1.47 bits per heavy atom. The Kier molecular flexibility index (Phi) is 3.57. The highest BCUT2D eigenvalue weighted by molar-refractivity contribution is 5.08. The van der Waals surface area contributed by atoms with Crippen LogP contribution in [0.25, 0.3) is 0 Å². The Morgan fingerprint density at radius 3 is 2.65 bits per heavy atom. The van der Waals surface area contributed by atoms with E-state index in [9.17, 15) is 0 Å². The lowest BCUT2D eigenvalue weighted by molar-refractivity contribution is 0.356. The second kappa shape index (κ2) is 4.81. The zero-order valence-corrected chi connectivity index (χ0v) is 11.5. The van der Waals surface area contributed by atoms with Crippen LogP contribution in [0, 0.1) is 5.41 Å². The van der Waals surface area contributed by atoms with E-state index in [2.05, 4.69) is 50.4 Å². The number of aromatic nitrogens is 2. The highest BCUT2D eigenvalue weighted by Crippen LogP contribution is 2.48.